The Morgan fingerprint density at radius 2 is 0.912 bits per heavy atom. The van der Waals surface area contributed by atoms with Crippen molar-refractivity contribution in [2.45, 2.75) is 225 Å². The van der Waals surface area contributed by atoms with Crippen LogP contribution in [0.3, 0.4) is 0 Å². The van der Waals surface area contributed by atoms with Crippen molar-refractivity contribution in [1.82, 2.24) is 0 Å². The van der Waals surface area contributed by atoms with Gasteiger partial charge in [-0.2, -0.15) is 0 Å². The fraction of sp³-hybridized carbons (Fsp3) is 0.896. The van der Waals surface area contributed by atoms with Crippen LogP contribution in [-0.4, -0.2) is 75.6 Å². The molecule has 0 aliphatic rings. The summed E-state index contributed by atoms with van der Waals surface area (Å²) in [5.74, 6) is -0.317. The van der Waals surface area contributed by atoms with Gasteiger partial charge in [-0.1, -0.05) is 173 Å². The summed E-state index contributed by atoms with van der Waals surface area (Å²) in [6, 6.07) is 0. The highest BCUT2D eigenvalue weighted by atomic mass is 31.2. The Hall–Kier alpha value is -1.02. The molecule has 0 amide bonds. The third kappa shape index (κ3) is 45.9. The van der Waals surface area contributed by atoms with Gasteiger partial charge in [-0.05, 0) is 64.2 Å². The maximum Gasteiger partial charge on any atom is 0.472 e. The van der Waals surface area contributed by atoms with Crippen LogP contribution in [0, 0.1) is 0 Å². The van der Waals surface area contributed by atoms with Gasteiger partial charge in [0.15, 0.2) is 0 Å². The van der Waals surface area contributed by atoms with Crippen LogP contribution >= 0.6 is 7.82 Å². The van der Waals surface area contributed by atoms with Crippen molar-refractivity contribution in [3.05, 3.63) is 24.3 Å². The van der Waals surface area contributed by atoms with E-state index in [-0.39, 0.29) is 25.8 Å². The number of likely N-dealkylation sites (N-methyl/N-ethyl adjacent to an activating group) is 1. The second kappa shape index (κ2) is 41.7. The number of rotatable bonds is 45. The lowest BCUT2D eigenvalue weighted by molar-refractivity contribution is -0.870. The zero-order valence-electron chi connectivity index (χ0n) is 38.3. The number of allylic oxidation sites excluding steroid dienone is 4. The number of hydrogen-bond acceptors (Lipinski definition) is 6. The molecule has 0 aromatic rings. The number of ether oxygens (including phenoxy) is 2. The van der Waals surface area contributed by atoms with Gasteiger partial charge in [-0.3, -0.25) is 13.8 Å². The van der Waals surface area contributed by atoms with Gasteiger partial charge in [0.1, 0.15) is 19.3 Å². The van der Waals surface area contributed by atoms with Gasteiger partial charge in [0.05, 0.1) is 34.4 Å². The SMILES string of the molecule is CCCCCCCC/C=C\CCCCCCCCCCOCC(COP(=O)(O)OCC[N+](C)(C)C)OC(=O)CCCCCCCCC/C=C\CCCCCCCC. The molecule has 0 aliphatic heterocycles. The number of quaternary nitrogens is 1. The Balaban J connectivity index is 4.18. The fourth-order valence-electron chi connectivity index (χ4n) is 6.72. The molecule has 0 aromatic carbocycles. The molecule has 0 saturated heterocycles. The molecule has 9 heteroatoms. The zero-order valence-corrected chi connectivity index (χ0v) is 39.2. The van der Waals surface area contributed by atoms with Crippen LogP contribution in [0.5, 0.6) is 0 Å². The van der Waals surface area contributed by atoms with E-state index in [4.69, 9.17) is 18.5 Å². The van der Waals surface area contributed by atoms with E-state index < -0.39 is 13.9 Å². The standard InChI is InChI=1S/C48H94NO7P/c1-6-8-10-12-14-16-18-20-22-24-26-28-30-32-34-36-38-40-43-53-45-47(46-55-57(51,52)54-44-42-49(3,4)5)56-48(50)41-39-37-35-33-31-29-27-25-23-21-19-17-15-13-11-9-7-2/h20-23,47H,6-19,24-46H2,1-5H3/p+1/b22-20-,23-21-. The summed E-state index contributed by atoms with van der Waals surface area (Å²) < 4.78 is 35.1. The van der Waals surface area contributed by atoms with Crippen LogP contribution in [0.15, 0.2) is 24.3 Å². The summed E-state index contributed by atoms with van der Waals surface area (Å²) in [6.45, 7) is 5.63. The van der Waals surface area contributed by atoms with Crippen molar-refractivity contribution in [1.29, 1.82) is 0 Å². The predicted molar refractivity (Wildman–Crippen MR) is 243 cm³/mol. The van der Waals surface area contributed by atoms with Gasteiger partial charge >= 0.3 is 13.8 Å². The minimum atomic E-state index is -4.28. The van der Waals surface area contributed by atoms with Crippen LogP contribution in [0.1, 0.15) is 219 Å². The Morgan fingerprint density at radius 3 is 1.33 bits per heavy atom. The molecule has 0 spiro atoms. The fourth-order valence-corrected chi connectivity index (χ4v) is 7.46. The highest BCUT2D eigenvalue weighted by Gasteiger charge is 2.26. The first-order valence-electron chi connectivity index (χ1n) is 24.1. The Morgan fingerprint density at radius 1 is 0.526 bits per heavy atom. The normalized spacial score (nSPS) is 13.9. The summed E-state index contributed by atoms with van der Waals surface area (Å²) in [4.78, 5) is 22.9. The Bertz CT molecular complexity index is 967. The van der Waals surface area contributed by atoms with Gasteiger partial charge in [0.2, 0.25) is 0 Å². The molecule has 8 nitrogen and oxygen atoms in total. The zero-order chi connectivity index (χ0) is 42.0. The molecule has 0 rings (SSSR count). The first-order chi connectivity index (χ1) is 27.6. The highest BCUT2D eigenvalue weighted by molar-refractivity contribution is 7.47. The van der Waals surface area contributed by atoms with E-state index >= 15 is 0 Å². The molecule has 0 aromatic heterocycles. The lowest BCUT2D eigenvalue weighted by atomic mass is 10.1. The van der Waals surface area contributed by atoms with E-state index in [0.29, 0.717) is 24.1 Å². The van der Waals surface area contributed by atoms with Crippen molar-refractivity contribution < 1.29 is 37.3 Å². The van der Waals surface area contributed by atoms with E-state index in [0.717, 1.165) is 32.1 Å². The van der Waals surface area contributed by atoms with Crippen LogP contribution in [-0.2, 0) is 27.9 Å². The number of carbonyl (C=O) groups excluding carboxylic acids is 1. The molecule has 1 N–H and O–H groups in total. The Labute approximate surface area is 353 Å². The number of esters is 1. The van der Waals surface area contributed by atoms with Gasteiger partial charge in [-0.25, -0.2) is 4.57 Å². The molecule has 0 bridgehead atoms. The molecule has 0 fully saturated rings. The minimum Gasteiger partial charge on any atom is -0.457 e. The third-order valence-corrected chi connectivity index (χ3v) is 11.5. The molecule has 57 heavy (non-hydrogen) atoms. The molecule has 0 radical (unpaired) electrons. The molecule has 2 atom stereocenters. The van der Waals surface area contributed by atoms with Gasteiger partial charge < -0.3 is 18.9 Å². The maximum absolute atomic E-state index is 12.7. The topological polar surface area (TPSA) is 91.3 Å². The Kier molecular flexibility index (Phi) is 41.0. The van der Waals surface area contributed by atoms with E-state index in [1.54, 1.807) is 0 Å². The van der Waals surface area contributed by atoms with E-state index in [1.165, 1.54) is 167 Å². The van der Waals surface area contributed by atoms with Gasteiger partial charge in [0, 0.05) is 13.0 Å². The van der Waals surface area contributed by atoms with E-state index in [2.05, 4.69) is 38.2 Å². The minimum absolute atomic E-state index is 0.0886. The summed E-state index contributed by atoms with van der Waals surface area (Å²) >= 11 is 0. The van der Waals surface area contributed by atoms with Crippen LogP contribution in [0.4, 0.5) is 0 Å². The largest absolute Gasteiger partial charge is 0.472 e. The second-order valence-corrected chi connectivity index (χ2v) is 18.9. The first kappa shape index (κ1) is 56.0. The van der Waals surface area contributed by atoms with Crippen molar-refractivity contribution in [3.8, 4) is 0 Å². The van der Waals surface area contributed by atoms with E-state index in [9.17, 15) is 14.3 Å². The lowest BCUT2D eigenvalue weighted by Gasteiger charge is -2.24. The molecule has 0 saturated carbocycles. The highest BCUT2D eigenvalue weighted by Crippen LogP contribution is 2.43. The van der Waals surface area contributed by atoms with E-state index in [1.807, 2.05) is 21.1 Å². The number of hydrogen-bond donors (Lipinski definition) is 1. The number of carbonyl (C=O) groups is 1. The van der Waals surface area contributed by atoms with Crippen molar-refractivity contribution in [3.63, 3.8) is 0 Å². The average Bonchev–Trinajstić information content (AvgIpc) is 3.16. The first-order valence-corrected chi connectivity index (χ1v) is 25.6. The van der Waals surface area contributed by atoms with Crippen LogP contribution < -0.4 is 0 Å². The van der Waals surface area contributed by atoms with Gasteiger partial charge in [-0.15, -0.1) is 0 Å². The monoisotopic (exact) mass is 829 g/mol. The average molecular weight is 829 g/mol. The van der Waals surface area contributed by atoms with Crippen molar-refractivity contribution in [2.75, 3.05) is 54.1 Å². The number of phosphoric ester groups is 1. The van der Waals surface area contributed by atoms with Gasteiger partial charge in [0.25, 0.3) is 0 Å². The molecule has 2 unspecified atom stereocenters. The quantitative estimate of drug-likeness (QED) is 0.0215. The summed E-state index contributed by atoms with van der Waals surface area (Å²) in [5, 5.41) is 0. The number of phosphoric acid groups is 1. The molecule has 0 heterocycles. The molecular weight excluding hydrogens is 734 g/mol. The third-order valence-electron chi connectivity index (χ3n) is 10.5. The smallest absolute Gasteiger partial charge is 0.457 e. The molecular formula is C48H95NO7P+. The lowest BCUT2D eigenvalue weighted by Crippen LogP contribution is -2.37. The molecule has 338 valence electrons. The van der Waals surface area contributed by atoms with Crippen molar-refractivity contribution in [2.24, 2.45) is 0 Å². The van der Waals surface area contributed by atoms with Crippen LogP contribution in [0.25, 0.3) is 0 Å². The summed E-state index contributed by atoms with van der Waals surface area (Å²) in [5.41, 5.74) is 0. The second-order valence-electron chi connectivity index (χ2n) is 17.5. The predicted octanol–water partition coefficient (Wildman–Crippen LogP) is 14.4. The van der Waals surface area contributed by atoms with Crippen molar-refractivity contribution >= 4 is 13.8 Å². The van der Waals surface area contributed by atoms with Crippen LogP contribution in [0.2, 0.25) is 0 Å². The maximum atomic E-state index is 12.7. The molecule has 0 aliphatic carbocycles. The summed E-state index contributed by atoms with van der Waals surface area (Å²) in [7, 11) is 1.67. The number of nitrogens with zero attached hydrogens (tertiary/aromatic N) is 1. The summed E-state index contributed by atoms with van der Waals surface area (Å²) in [6.07, 6.45) is 47.8. The number of unbranched alkanes of at least 4 members (excludes halogenated alkanes) is 27.